The summed E-state index contributed by atoms with van der Waals surface area (Å²) in [6.45, 7) is 6.11. The summed E-state index contributed by atoms with van der Waals surface area (Å²) in [5.74, 6) is 0. The van der Waals surface area contributed by atoms with Crippen LogP contribution in [0.1, 0.15) is 30.0 Å². The molecule has 1 aromatic heterocycles. The van der Waals surface area contributed by atoms with Crippen LogP contribution < -0.4 is 0 Å². The van der Waals surface area contributed by atoms with Crippen molar-refractivity contribution < 1.29 is 9.84 Å². The van der Waals surface area contributed by atoms with Gasteiger partial charge in [-0.25, -0.2) is 0 Å². The zero-order valence-corrected chi connectivity index (χ0v) is 10.9. The molecule has 1 unspecified atom stereocenters. The van der Waals surface area contributed by atoms with Crippen LogP contribution in [0.25, 0.3) is 5.57 Å². The Balaban J connectivity index is 1.96. The van der Waals surface area contributed by atoms with Crippen LogP contribution in [-0.2, 0) is 11.3 Å². The normalized spacial score (nSPS) is 12.1. The van der Waals surface area contributed by atoms with Gasteiger partial charge in [-0.15, -0.1) is 0 Å². The Hall–Kier alpha value is -1.97. The Kier molecular flexibility index (Phi) is 4.44. The maximum atomic E-state index is 9.90. The fourth-order valence-electron chi connectivity index (χ4n) is 1.64. The molecule has 2 aromatic rings. The maximum absolute atomic E-state index is 9.90. The summed E-state index contributed by atoms with van der Waals surface area (Å²) in [6, 6.07) is 13.3. The number of aliphatic hydroxyl groups is 1. The van der Waals surface area contributed by atoms with Crippen LogP contribution >= 0.6 is 0 Å². The molecule has 3 nitrogen and oxygen atoms in total. The number of aliphatic hydroxyl groups excluding tert-OH is 1. The van der Waals surface area contributed by atoms with Gasteiger partial charge in [0.15, 0.2) is 6.29 Å². The molecule has 0 aliphatic rings. The summed E-state index contributed by atoms with van der Waals surface area (Å²) in [5.41, 5.74) is 3.42. The highest BCUT2D eigenvalue weighted by atomic mass is 16.6. The smallest absolute Gasteiger partial charge is 0.198 e. The van der Waals surface area contributed by atoms with Gasteiger partial charge >= 0.3 is 0 Å². The zero-order valence-electron chi connectivity index (χ0n) is 10.9. The SMILES string of the molecule is C=C(C)c1ccc(C(O)OCc2ccccc2)nc1. The van der Waals surface area contributed by atoms with E-state index in [0.29, 0.717) is 12.3 Å². The summed E-state index contributed by atoms with van der Waals surface area (Å²) >= 11 is 0. The van der Waals surface area contributed by atoms with Crippen LogP contribution in [-0.4, -0.2) is 10.1 Å². The molecule has 0 aliphatic heterocycles. The van der Waals surface area contributed by atoms with E-state index in [2.05, 4.69) is 11.6 Å². The number of hydrogen-bond donors (Lipinski definition) is 1. The zero-order chi connectivity index (χ0) is 13.7. The van der Waals surface area contributed by atoms with Gasteiger partial charge in [0.25, 0.3) is 0 Å². The number of aromatic nitrogens is 1. The lowest BCUT2D eigenvalue weighted by molar-refractivity contribution is -0.114. The number of ether oxygens (including phenoxy) is 1. The van der Waals surface area contributed by atoms with Crippen molar-refractivity contribution in [2.24, 2.45) is 0 Å². The molecule has 0 spiro atoms. The first-order valence-corrected chi connectivity index (χ1v) is 6.12. The number of allylic oxidation sites excluding steroid dienone is 1. The van der Waals surface area contributed by atoms with Crippen molar-refractivity contribution in [2.75, 3.05) is 0 Å². The van der Waals surface area contributed by atoms with Gasteiger partial charge in [0.2, 0.25) is 0 Å². The second-order valence-corrected chi connectivity index (χ2v) is 4.40. The molecule has 0 fully saturated rings. The van der Waals surface area contributed by atoms with Crippen molar-refractivity contribution in [3.63, 3.8) is 0 Å². The fraction of sp³-hybridized carbons (Fsp3) is 0.188. The minimum atomic E-state index is -1.01. The van der Waals surface area contributed by atoms with Crippen LogP contribution in [0.4, 0.5) is 0 Å². The average Bonchev–Trinajstić information content (AvgIpc) is 2.46. The van der Waals surface area contributed by atoms with E-state index in [1.165, 1.54) is 0 Å². The van der Waals surface area contributed by atoms with E-state index in [-0.39, 0.29) is 0 Å². The Bertz CT molecular complexity index is 534. The van der Waals surface area contributed by atoms with Gasteiger partial charge in [0.05, 0.1) is 12.3 Å². The van der Waals surface area contributed by atoms with Gasteiger partial charge in [-0.3, -0.25) is 4.98 Å². The van der Waals surface area contributed by atoms with Crippen molar-refractivity contribution in [1.29, 1.82) is 0 Å². The molecule has 98 valence electrons. The van der Waals surface area contributed by atoms with E-state index in [9.17, 15) is 5.11 Å². The highest BCUT2D eigenvalue weighted by Crippen LogP contribution is 2.16. The van der Waals surface area contributed by atoms with E-state index < -0.39 is 6.29 Å². The van der Waals surface area contributed by atoms with E-state index in [1.807, 2.05) is 43.3 Å². The lowest BCUT2D eigenvalue weighted by Gasteiger charge is -2.12. The predicted molar refractivity (Wildman–Crippen MR) is 75.1 cm³/mol. The topological polar surface area (TPSA) is 42.4 Å². The lowest BCUT2D eigenvalue weighted by Crippen LogP contribution is -2.05. The van der Waals surface area contributed by atoms with Gasteiger partial charge in [0, 0.05) is 6.20 Å². The third-order valence-corrected chi connectivity index (χ3v) is 2.78. The summed E-state index contributed by atoms with van der Waals surface area (Å²) < 4.78 is 5.39. The summed E-state index contributed by atoms with van der Waals surface area (Å²) in [6.07, 6.45) is 0.673. The first-order valence-electron chi connectivity index (χ1n) is 6.12. The van der Waals surface area contributed by atoms with Crippen LogP contribution in [0.3, 0.4) is 0 Å². The number of pyridine rings is 1. The first-order chi connectivity index (χ1) is 9.16. The minimum Gasteiger partial charge on any atom is -0.363 e. The van der Waals surface area contributed by atoms with Gasteiger partial charge in [-0.2, -0.15) is 0 Å². The van der Waals surface area contributed by atoms with Gasteiger partial charge < -0.3 is 9.84 Å². The Morgan fingerprint density at radius 3 is 2.58 bits per heavy atom. The van der Waals surface area contributed by atoms with E-state index in [4.69, 9.17) is 4.74 Å². The molecule has 0 amide bonds. The quantitative estimate of drug-likeness (QED) is 0.833. The van der Waals surface area contributed by atoms with Gasteiger partial charge in [0.1, 0.15) is 0 Å². The van der Waals surface area contributed by atoms with E-state index >= 15 is 0 Å². The minimum absolute atomic E-state index is 0.353. The Morgan fingerprint density at radius 2 is 2.00 bits per heavy atom. The molecule has 0 aliphatic carbocycles. The largest absolute Gasteiger partial charge is 0.363 e. The molecule has 0 bridgehead atoms. The van der Waals surface area contributed by atoms with Gasteiger partial charge in [-0.05, 0) is 29.7 Å². The standard InChI is InChI=1S/C16H17NO2/c1-12(2)14-8-9-15(17-10-14)16(18)19-11-13-6-4-3-5-7-13/h3-10,16,18H,1,11H2,2H3. The monoisotopic (exact) mass is 255 g/mol. The van der Waals surface area contributed by atoms with Crippen molar-refractivity contribution in [3.05, 3.63) is 72.1 Å². The molecule has 0 radical (unpaired) electrons. The number of benzene rings is 1. The van der Waals surface area contributed by atoms with Crippen LogP contribution in [0.15, 0.2) is 55.2 Å². The third-order valence-electron chi connectivity index (χ3n) is 2.78. The van der Waals surface area contributed by atoms with Crippen molar-refractivity contribution in [2.45, 2.75) is 19.8 Å². The molecule has 19 heavy (non-hydrogen) atoms. The van der Waals surface area contributed by atoms with Crippen molar-refractivity contribution in [3.8, 4) is 0 Å². The van der Waals surface area contributed by atoms with Crippen molar-refractivity contribution >= 4 is 5.57 Å². The molecule has 1 N–H and O–H groups in total. The van der Waals surface area contributed by atoms with Crippen molar-refractivity contribution in [1.82, 2.24) is 4.98 Å². The molecule has 2 rings (SSSR count). The Morgan fingerprint density at radius 1 is 1.26 bits per heavy atom. The third kappa shape index (κ3) is 3.74. The fourth-order valence-corrected chi connectivity index (χ4v) is 1.64. The van der Waals surface area contributed by atoms with E-state index in [0.717, 1.165) is 16.7 Å². The van der Waals surface area contributed by atoms with Gasteiger partial charge in [-0.1, -0.05) is 43.0 Å². The maximum Gasteiger partial charge on any atom is 0.198 e. The molecule has 0 saturated carbocycles. The highest BCUT2D eigenvalue weighted by molar-refractivity contribution is 5.60. The summed E-state index contributed by atoms with van der Waals surface area (Å²) in [7, 11) is 0. The second-order valence-electron chi connectivity index (χ2n) is 4.40. The lowest BCUT2D eigenvalue weighted by atomic mass is 10.1. The second kappa shape index (κ2) is 6.27. The first kappa shape index (κ1) is 13.5. The molecular weight excluding hydrogens is 238 g/mol. The summed E-state index contributed by atoms with van der Waals surface area (Å²) in [5, 5.41) is 9.90. The molecule has 3 heteroatoms. The molecule has 1 heterocycles. The van der Waals surface area contributed by atoms with Crippen LogP contribution in [0.2, 0.25) is 0 Å². The molecule has 1 atom stereocenters. The summed E-state index contributed by atoms with van der Waals surface area (Å²) in [4.78, 5) is 4.18. The molecule has 0 saturated heterocycles. The number of nitrogens with zero attached hydrogens (tertiary/aromatic N) is 1. The highest BCUT2D eigenvalue weighted by Gasteiger charge is 2.09. The van der Waals surface area contributed by atoms with Crippen LogP contribution in [0, 0.1) is 0 Å². The Labute approximate surface area is 113 Å². The number of hydrogen-bond acceptors (Lipinski definition) is 3. The average molecular weight is 255 g/mol. The predicted octanol–water partition coefficient (Wildman–Crippen LogP) is 3.32. The number of rotatable bonds is 5. The molecular formula is C16H17NO2. The van der Waals surface area contributed by atoms with E-state index in [1.54, 1.807) is 12.3 Å². The van der Waals surface area contributed by atoms with Crippen LogP contribution in [0.5, 0.6) is 0 Å². The molecule has 1 aromatic carbocycles.